The van der Waals surface area contributed by atoms with E-state index < -0.39 is 0 Å². The molecule has 2 aromatic rings. The van der Waals surface area contributed by atoms with Crippen LogP contribution >= 0.6 is 0 Å². The number of carbonyl (C=O) groups excluding carboxylic acids is 1. The van der Waals surface area contributed by atoms with Crippen molar-refractivity contribution in [3.05, 3.63) is 77.6 Å². The van der Waals surface area contributed by atoms with Crippen molar-refractivity contribution in [3.63, 3.8) is 0 Å². The molecule has 1 aliphatic rings. The highest BCUT2D eigenvalue weighted by Crippen LogP contribution is 2.38. The summed E-state index contributed by atoms with van der Waals surface area (Å²) in [5.74, 6) is 0.862. The highest BCUT2D eigenvalue weighted by atomic mass is 16.5. The Bertz CT molecular complexity index is 952. The number of ether oxygens (including phenoxy) is 1. The third kappa shape index (κ3) is 4.13. The van der Waals surface area contributed by atoms with Crippen LogP contribution in [0.25, 0.3) is 16.3 Å². The molecule has 0 bridgehead atoms. The molecule has 140 valence electrons. The van der Waals surface area contributed by atoms with Crippen LogP contribution in [0.4, 0.5) is 0 Å². The van der Waals surface area contributed by atoms with E-state index in [-0.39, 0.29) is 11.3 Å². The largest absolute Gasteiger partial charge is 0.497 e. The van der Waals surface area contributed by atoms with Gasteiger partial charge in [-0.2, -0.15) is 0 Å². The topological polar surface area (TPSA) is 38.3 Å². The van der Waals surface area contributed by atoms with E-state index >= 15 is 0 Å². The number of fused-ring (bicyclic) bond motifs is 1. The van der Waals surface area contributed by atoms with Crippen molar-refractivity contribution >= 4 is 22.3 Å². The number of hydrogen-bond donors (Lipinski definition) is 1. The molecule has 1 atom stereocenters. The number of amides is 1. The number of likely N-dealkylation sites (N-methyl/N-ethyl adjacent to an activating group) is 1. The lowest BCUT2D eigenvalue weighted by Gasteiger charge is -2.29. The first kappa shape index (κ1) is 19.0. The molecule has 3 nitrogen and oxygen atoms in total. The molecule has 1 N–H and O–H groups in total. The average molecular weight is 361 g/mol. The zero-order valence-electron chi connectivity index (χ0n) is 16.5. The van der Waals surface area contributed by atoms with Crippen LogP contribution in [0.3, 0.4) is 0 Å². The van der Waals surface area contributed by atoms with Crippen LogP contribution in [0, 0.1) is 5.41 Å². The average Bonchev–Trinajstić information content (AvgIpc) is 2.71. The fourth-order valence-electron chi connectivity index (χ4n) is 3.57. The summed E-state index contributed by atoms with van der Waals surface area (Å²) in [5.41, 5.74) is 2.83. The minimum Gasteiger partial charge on any atom is -0.497 e. The van der Waals surface area contributed by atoms with Crippen LogP contribution in [0.1, 0.15) is 32.3 Å². The molecule has 3 heteroatoms. The van der Waals surface area contributed by atoms with E-state index in [9.17, 15) is 4.79 Å². The number of rotatable bonds is 5. The second-order valence-electron chi connectivity index (χ2n) is 7.42. The van der Waals surface area contributed by atoms with Gasteiger partial charge in [-0.1, -0.05) is 49.4 Å². The van der Waals surface area contributed by atoms with Crippen molar-refractivity contribution in [2.24, 2.45) is 5.41 Å². The number of hydrogen-bond acceptors (Lipinski definition) is 2. The summed E-state index contributed by atoms with van der Waals surface area (Å²) in [6.45, 7) is 4.23. The predicted octanol–water partition coefficient (Wildman–Crippen LogP) is 5.25. The molecule has 0 heterocycles. The van der Waals surface area contributed by atoms with Crippen LogP contribution in [-0.4, -0.2) is 20.1 Å². The van der Waals surface area contributed by atoms with Gasteiger partial charge in [0.1, 0.15) is 5.76 Å². The van der Waals surface area contributed by atoms with Gasteiger partial charge in [-0.25, -0.2) is 0 Å². The maximum absolute atomic E-state index is 12.7. The molecule has 0 spiro atoms. The summed E-state index contributed by atoms with van der Waals surface area (Å²) >= 11 is 0. The molecule has 1 amide bonds. The van der Waals surface area contributed by atoms with Crippen molar-refractivity contribution < 1.29 is 9.53 Å². The van der Waals surface area contributed by atoms with Crippen molar-refractivity contribution in [1.29, 1.82) is 0 Å². The second-order valence-corrected chi connectivity index (χ2v) is 7.42. The molecule has 0 aliphatic heterocycles. The number of carbonyl (C=O) groups is 1. The van der Waals surface area contributed by atoms with E-state index in [1.54, 1.807) is 14.2 Å². The van der Waals surface area contributed by atoms with E-state index in [0.29, 0.717) is 6.42 Å². The number of benzene rings is 2. The maximum Gasteiger partial charge on any atom is 0.247 e. The fraction of sp³-hybridized carbons (Fsp3) is 0.292. The van der Waals surface area contributed by atoms with Crippen LogP contribution in [0.15, 0.2) is 72.0 Å². The van der Waals surface area contributed by atoms with Gasteiger partial charge >= 0.3 is 0 Å². The Morgan fingerprint density at radius 3 is 2.56 bits per heavy atom. The summed E-state index contributed by atoms with van der Waals surface area (Å²) < 4.78 is 5.30. The van der Waals surface area contributed by atoms with E-state index in [1.165, 1.54) is 10.8 Å². The molecule has 1 aliphatic carbocycles. The normalized spacial score (nSPS) is 20.1. The number of methoxy groups -OCH3 is 1. The Morgan fingerprint density at radius 1 is 1.19 bits per heavy atom. The summed E-state index contributed by atoms with van der Waals surface area (Å²) in [6, 6.07) is 14.7. The highest BCUT2D eigenvalue weighted by Gasteiger charge is 2.28. The van der Waals surface area contributed by atoms with Crippen molar-refractivity contribution in [2.45, 2.75) is 26.7 Å². The third-order valence-corrected chi connectivity index (χ3v) is 5.37. The minimum absolute atomic E-state index is 0.0169. The molecule has 1 unspecified atom stereocenters. The SMILES string of the molecule is CNC(=O)/C(CC1(C)C=CC(OC)=CC1)=C(\C)c1ccc2ccccc2c1. The molecule has 0 saturated heterocycles. The van der Waals surface area contributed by atoms with E-state index in [0.717, 1.165) is 28.9 Å². The van der Waals surface area contributed by atoms with E-state index in [4.69, 9.17) is 4.74 Å². The monoisotopic (exact) mass is 361 g/mol. The number of nitrogens with one attached hydrogen (secondary N) is 1. The summed E-state index contributed by atoms with van der Waals surface area (Å²) in [6.07, 6.45) is 7.76. The van der Waals surface area contributed by atoms with Crippen LogP contribution in [0.5, 0.6) is 0 Å². The van der Waals surface area contributed by atoms with Gasteiger partial charge in [0, 0.05) is 12.6 Å². The van der Waals surface area contributed by atoms with Gasteiger partial charge in [-0.15, -0.1) is 0 Å². The van der Waals surface area contributed by atoms with E-state index in [2.05, 4.69) is 54.7 Å². The maximum atomic E-state index is 12.7. The quantitative estimate of drug-likeness (QED) is 0.739. The first-order chi connectivity index (χ1) is 13.0. The lowest BCUT2D eigenvalue weighted by Crippen LogP contribution is -2.26. The molecular weight excluding hydrogens is 334 g/mol. The van der Waals surface area contributed by atoms with Gasteiger partial charge < -0.3 is 10.1 Å². The highest BCUT2D eigenvalue weighted by molar-refractivity contribution is 6.01. The van der Waals surface area contributed by atoms with Gasteiger partial charge in [-0.05, 0) is 65.3 Å². The Morgan fingerprint density at radius 2 is 1.93 bits per heavy atom. The van der Waals surface area contributed by atoms with Gasteiger partial charge in [0.15, 0.2) is 0 Å². The molecule has 0 fully saturated rings. The summed E-state index contributed by atoms with van der Waals surface area (Å²) in [4.78, 5) is 12.7. The van der Waals surface area contributed by atoms with Crippen LogP contribution < -0.4 is 5.32 Å². The molecule has 0 radical (unpaired) electrons. The Balaban J connectivity index is 1.98. The van der Waals surface area contributed by atoms with Crippen LogP contribution in [0.2, 0.25) is 0 Å². The standard InChI is InChI=1S/C24H27NO2/c1-17(19-10-9-18-7-5-6-8-20(18)15-19)22(23(26)25-3)16-24(2)13-11-21(27-4)12-14-24/h5-13,15H,14,16H2,1-4H3,(H,25,26)/b22-17+. The molecular formula is C24H27NO2. The Hall–Kier alpha value is -2.81. The molecule has 2 aromatic carbocycles. The Labute approximate surface area is 161 Å². The first-order valence-corrected chi connectivity index (χ1v) is 9.30. The fourth-order valence-corrected chi connectivity index (χ4v) is 3.57. The van der Waals surface area contributed by atoms with Gasteiger partial charge in [-0.3, -0.25) is 4.79 Å². The molecule has 0 saturated carbocycles. The Kier molecular flexibility index (Phi) is 5.50. The summed E-state index contributed by atoms with van der Waals surface area (Å²) in [5, 5.41) is 5.20. The third-order valence-electron chi connectivity index (χ3n) is 5.37. The zero-order chi connectivity index (χ0) is 19.4. The smallest absolute Gasteiger partial charge is 0.247 e. The van der Waals surface area contributed by atoms with Gasteiger partial charge in [0.2, 0.25) is 5.91 Å². The molecule has 0 aromatic heterocycles. The van der Waals surface area contributed by atoms with Crippen molar-refractivity contribution in [3.8, 4) is 0 Å². The lowest BCUT2D eigenvalue weighted by molar-refractivity contribution is -0.117. The lowest BCUT2D eigenvalue weighted by atomic mass is 9.76. The predicted molar refractivity (Wildman–Crippen MR) is 112 cm³/mol. The second kappa shape index (κ2) is 7.83. The first-order valence-electron chi connectivity index (χ1n) is 9.30. The molecule has 3 rings (SSSR count). The molecule has 27 heavy (non-hydrogen) atoms. The van der Waals surface area contributed by atoms with Gasteiger partial charge in [0.25, 0.3) is 0 Å². The zero-order valence-corrected chi connectivity index (χ0v) is 16.5. The van der Waals surface area contributed by atoms with Gasteiger partial charge in [0.05, 0.1) is 7.11 Å². The van der Waals surface area contributed by atoms with Crippen molar-refractivity contribution in [1.82, 2.24) is 5.32 Å². The van der Waals surface area contributed by atoms with Crippen molar-refractivity contribution in [2.75, 3.05) is 14.2 Å². The van der Waals surface area contributed by atoms with Crippen LogP contribution in [-0.2, 0) is 9.53 Å². The minimum atomic E-state index is -0.109. The summed E-state index contributed by atoms with van der Waals surface area (Å²) in [7, 11) is 3.37. The number of allylic oxidation sites excluding steroid dienone is 4. The van der Waals surface area contributed by atoms with E-state index in [1.807, 2.05) is 25.1 Å².